The van der Waals surface area contributed by atoms with Crippen molar-refractivity contribution in [1.82, 2.24) is 5.32 Å². The van der Waals surface area contributed by atoms with Crippen LogP contribution in [0.5, 0.6) is 5.75 Å². The zero-order chi connectivity index (χ0) is 15.2. The summed E-state index contributed by atoms with van der Waals surface area (Å²) in [6, 6.07) is 6.10. The molecule has 1 fully saturated rings. The molecule has 0 saturated carbocycles. The lowest BCUT2D eigenvalue weighted by molar-refractivity contribution is -0.123. The lowest BCUT2D eigenvalue weighted by Gasteiger charge is -2.32. The van der Waals surface area contributed by atoms with Gasteiger partial charge in [0.25, 0.3) is 0 Å². The molecule has 1 aliphatic rings. The average molecular weight is 293 g/mol. The van der Waals surface area contributed by atoms with Gasteiger partial charge in [-0.1, -0.05) is 6.92 Å². The molecule has 2 rings (SSSR count). The number of hydrogen-bond acceptors (Lipinski definition) is 4. The van der Waals surface area contributed by atoms with Crippen molar-refractivity contribution in [2.24, 2.45) is 0 Å². The summed E-state index contributed by atoms with van der Waals surface area (Å²) in [5.74, 6) is -0.432. The Morgan fingerprint density at radius 2 is 2.10 bits per heavy atom. The molecule has 1 saturated heterocycles. The second-order valence-corrected chi connectivity index (χ2v) is 4.88. The van der Waals surface area contributed by atoms with E-state index >= 15 is 0 Å². The van der Waals surface area contributed by atoms with Crippen LogP contribution in [-0.4, -0.2) is 42.3 Å². The Bertz CT molecular complexity index is 499. The quantitative estimate of drug-likeness (QED) is 0.858. The third kappa shape index (κ3) is 4.19. The van der Waals surface area contributed by atoms with E-state index in [1.165, 1.54) is 12.1 Å². The number of ether oxygens (including phenoxy) is 2. The SMILES string of the molecule is CCC(=O)N[C@@H]1CCOC[C@H]1Oc1ccc(C(=O)O)cc1. The van der Waals surface area contributed by atoms with E-state index in [1.54, 1.807) is 19.1 Å². The van der Waals surface area contributed by atoms with Crippen LogP contribution in [0.3, 0.4) is 0 Å². The number of carboxylic acid groups (broad SMARTS) is 1. The molecule has 0 radical (unpaired) electrons. The predicted octanol–water partition coefficient (Wildman–Crippen LogP) is 1.45. The van der Waals surface area contributed by atoms with Gasteiger partial charge in [0, 0.05) is 13.0 Å². The molecule has 0 spiro atoms. The summed E-state index contributed by atoms with van der Waals surface area (Å²) < 4.78 is 11.2. The Morgan fingerprint density at radius 1 is 1.38 bits per heavy atom. The van der Waals surface area contributed by atoms with Gasteiger partial charge < -0.3 is 19.9 Å². The maximum Gasteiger partial charge on any atom is 0.335 e. The number of aromatic carboxylic acids is 1. The molecule has 0 unspecified atom stereocenters. The van der Waals surface area contributed by atoms with Crippen LogP contribution in [0.2, 0.25) is 0 Å². The second kappa shape index (κ2) is 7.08. The highest BCUT2D eigenvalue weighted by molar-refractivity contribution is 5.87. The number of nitrogens with one attached hydrogen (secondary N) is 1. The molecule has 2 atom stereocenters. The van der Waals surface area contributed by atoms with Crippen molar-refractivity contribution in [3.05, 3.63) is 29.8 Å². The van der Waals surface area contributed by atoms with E-state index in [9.17, 15) is 9.59 Å². The van der Waals surface area contributed by atoms with E-state index in [4.69, 9.17) is 14.6 Å². The lowest BCUT2D eigenvalue weighted by atomic mass is 10.1. The normalized spacial score (nSPS) is 21.6. The third-order valence-electron chi connectivity index (χ3n) is 3.36. The van der Waals surface area contributed by atoms with Gasteiger partial charge in [0.05, 0.1) is 18.2 Å². The first-order valence-corrected chi connectivity index (χ1v) is 6.97. The van der Waals surface area contributed by atoms with Crippen molar-refractivity contribution >= 4 is 11.9 Å². The van der Waals surface area contributed by atoms with Crippen LogP contribution in [0.25, 0.3) is 0 Å². The maximum atomic E-state index is 11.5. The summed E-state index contributed by atoms with van der Waals surface area (Å²) in [7, 11) is 0. The Balaban J connectivity index is 2.01. The molecule has 21 heavy (non-hydrogen) atoms. The van der Waals surface area contributed by atoms with Gasteiger partial charge in [-0.25, -0.2) is 4.79 Å². The van der Waals surface area contributed by atoms with Gasteiger partial charge in [0.2, 0.25) is 5.91 Å². The fourth-order valence-electron chi connectivity index (χ4n) is 2.15. The monoisotopic (exact) mass is 293 g/mol. The number of carbonyl (C=O) groups excluding carboxylic acids is 1. The van der Waals surface area contributed by atoms with Crippen LogP contribution < -0.4 is 10.1 Å². The summed E-state index contributed by atoms with van der Waals surface area (Å²) in [5, 5.41) is 11.8. The van der Waals surface area contributed by atoms with Gasteiger partial charge in [-0.05, 0) is 30.7 Å². The molecular formula is C15H19NO5. The van der Waals surface area contributed by atoms with Crippen molar-refractivity contribution in [3.8, 4) is 5.75 Å². The Labute approximate surface area is 123 Å². The van der Waals surface area contributed by atoms with Crippen molar-refractivity contribution in [1.29, 1.82) is 0 Å². The number of benzene rings is 1. The summed E-state index contributed by atoms with van der Waals surface area (Å²) in [6.45, 7) is 2.79. The Hall–Kier alpha value is -2.08. The predicted molar refractivity (Wildman–Crippen MR) is 75.5 cm³/mol. The molecular weight excluding hydrogens is 274 g/mol. The third-order valence-corrected chi connectivity index (χ3v) is 3.36. The van der Waals surface area contributed by atoms with E-state index in [-0.39, 0.29) is 23.6 Å². The molecule has 1 aromatic carbocycles. The van der Waals surface area contributed by atoms with Gasteiger partial charge in [0.15, 0.2) is 0 Å². The number of hydrogen-bond donors (Lipinski definition) is 2. The van der Waals surface area contributed by atoms with Crippen LogP contribution in [0.1, 0.15) is 30.1 Å². The fraction of sp³-hybridized carbons (Fsp3) is 0.467. The van der Waals surface area contributed by atoms with Gasteiger partial charge in [0.1, 0.15) is 11.9 Å². The first-order valence-electron chi connectivity index (χ1n) is 6.97. The first-order chi connectivity index (χ1) is 10.1. The zero-order valence-electron chi connectivity index (χ0n) is 11.9. The highest BCUT2D eigenvalue weighted by Crippen LogP contribution is 2.18. The van der Waals surface area contributed by atoms with Crippen LogP contribution >= 0.6 is 0 Å². The van der Waals surface area contributed by atoms with E-state index < -0.39 is 5.97 Å². The fourth-order valence-corrected chi connectivity index (χ4v) is 2.15. The number of amides is 1. The highest BCUT2D eigenvalue weighted by atomic mass is 16.5. The molecule has 0 aromatic heterocycles. The van der Waals surface area contributed by atoms with Crippen molar-refractivity contribution < 1.29 is 24.2 Å². The second-order valence-electron chi connectivity index (χ2n) is 4.88. The van der Waals surface area contributed by atoms with Crippen molar-refractivity contribution in [2.45, 2.75) is 31.9 Å². The smallest absolute Gasteiger partial charge is 0.335 e. The molecule has 1 aromatic rings. The van der Waals surface area contributed by atoms with Crippen LogP contribution in [0, 0.1) is 0 Å². The molecule has 1 heterocycles. The number of rotatable bonds is 5. The highest BCUT2D eigenvalue weighted by Gasteiger charge is 2.28. The molecule has 114 valence electrons. The average Bonchev–Trinajstić information content (AvgIpc) is 2.49. The van der Waals surface area contributed by atoms with Crippen LogP contribution in [-0.2, 0) is 9.53 Å². The summed E-state index contributed by atoms with van der Waals surface area (Å²) in [5.41, 5.74) is 0.207. The Morgan fingerprint density at radius 3 is 2.71 bits per heavy atom. The standard InChI is InChI=1S/C15H19NO5/c1-2-14(17)16-12-7-8-20-9-13(12)21-11-5-3-10(4-6-11)15(18)19/h3-6,12-13H,2,7-9H2,1H3,(H,16,17)(H,18,19)/t12-,13-/m1/s1. The summed E-state index contributed by atoms with van der Waals surface area (Å²) >= 11 is 0. The maximum absolute atomic E-state index is 11.5. The van der Waals surface area contributed by atoms with Crippen molar-refractivity contribution in [2.75, 3.05) is 13.2 Å². The largest absolute Gasteiger partial charge is 0.486 e. The topological polar surface area (TPSA) is 84.9 Å². The molecule has 0 bridgehead atoms. The van der Waals surface area contributed by atoms with Gasteiger partial charge in [-0.2, -0.15) is 0 Å². The first kappa shape index (κ1) is 15.3. The zero-order valence-corrected chi connectivity index (χ0v) is 11.9. The Kier molecular flexibility index (Phi) is 5.16. The lowest BCUT2D eigenvalue weighted by Crippen LogP contribution is -2.51. The molecule has 1 aliphatic heterocycles. The number of carboxylic acids is 1. The molecule has 2 N–H and O–H groups in total. The van der Waals surface area contributed by atoms with Crippen LogP contribution in [0.15, 0.2) is 24.3 Å². The molecule has 0 aliphatic carbocycles. The van der Waals surface area contributed by atoms with Gasteiger partial charge in [-0.3, -0.25) is 4.79 Å². The minimum Gasteiger partial charge on any atom is -0.486 e. The van der Waals surface area contributed by atoms with E-state index in [0.717, 1.165) is 0 Å². The molecule has 6 heteroatoms. The summed E-state index contributed by atoms with van der Waals surface area (Å²) in [4.78, 5) is 22.3. The van der Waals surface area contributed by atoms with Gasteiger partial charge >= 0.3 is 5.97 Å². The van der Waals surface area contributed by atoms with E-state index in [2.05, 4.69) is 5.32 Å². The minimum atomic E-state index is -0.976. The minimum absolute atomic E-state index is 0.0169. The number of carbonyl (C=O) groups is 2. The van der Waals surface area contributed by atoms with Crippen LogP contribution in [0.4, 0.5) is 0 Å². The summed E-state index contributed by atoms with van der Waals surface area (Å²) in [6.07, 6.45) is 0.853. The van der Waals surface area contributed by atoms with Gasteiger partial charge in [-0.15, -0.1) is 0 Å². The molecule has 1 amide bonds. The van der Waals surface area contributed by atoms with Crippen molar-refractivity contribution in [3.63, 3.8) is 0 Å². The molecule has 6 nitrogen and oxygen atoms in total. The van der Waals surface area contributed by atoms with E-state index in [1.807, 2.05) is 0 Å². The van der Waals surface area contributed by atoms with E-state index in [0.29, 0.717) is 31.8 Å².